The minimum absolute atomic E-state index is 0.0646. The second kappa shape index (κ2) is 6.48. The fraction of sp³-hybridized carbons (Fsp3) is 0.545. The number of halogens is 5. The molecular formula is C11H13Cl2F3N2. The quantitative estimate of drug-likeness (QED) is 0.806. The molecule has 0 fully saturated rings. The standard InChI is InChI=1S/C11H13Cl2F3N2/c1-2-3-8(12)6-18-10-9(13)4-7(5-17-10)11(14,15)16/h4-5,8H,2-3,6H2,1H3,(H,17,18). The van der Waals surface area contributed by atoms with Gasteiger partial charge in [0, 0.05) is 12.7 Å². The summed E-state index contributed by atoms with van der Waals surface area (Å²) >= 11 is 11.7. The largest absolute Gasteiger partial charge is 0.417 e. The number of hydrogen-bond acceptors (Lipinski definition) is 2. The van der Waals surface area contributed by atoms with Gasteiger partial charge in [0.1, 0.15) is 5.82 Å². The molecule has 0 amide bonds. The second-order valence-corrected chi connectivity index (χ2v) is 4.84. The molecule has 18 heavy (non-hydrogen) atoms. The Labute approximate surface area is 113 Å². The van der Waals surface area contributed by atoms with Gasteiger partial charge >= 0.3 is 6.18 Å². The Morgan fingerprint density at radius 3 is 2.61 bits per heavy atom. The number of nitrogens with one attached hydrogen (secondary N) is 1. The number of anilines is 1. The number of rotatable bonds is 5. The molecule has 0 radical (unpaired) electrons. The first-order valence-corrected chi connectivity index (χ1v) is 6.26. The molecule has 0 aliphatic rings. The van der Waals surface area contributed by atoms with E-state index in [9.17, 15) is 13.2 Å². The molecule has 7 heteroatoms. The highest BCUT2D eigenvalue weighted by Gasteiger charge is 2.31. The van der Waals surface area contributed by atoms with Crippen molar-refractivity contribution in [2.45, 2.75) is 31.3 Å². The SMILES string of the molecule is CCCC(Cl)CNc1ncc(C(F)(F)F)cc1Cl. The predicted octanol–water partition coefficient (Wildman–Crippen LogP) is 4.57. The highest BCUT2D eigenvalue weighted by atomic mass is 35.5. The van der Waals surface area contributed by atoms with Crippen molar-refractivity contribution in [3.8, 4) is 0 Å². The first-order chi connectivity index (χ1) is 8.34. The highest BCUT2D eigenvalue weighted by molar-refractivity contribution is 6.33. The minimum atomic E-state index is -4.44. The topological polar surface area (TPSA) is 24.9 Å². The van der Waals surface area contributed by atoms with Crippen molar-refractivity contribution in [1.29, 1.82) is 0 Å². The number of alkyl halides is 4. The van der Waals surface area contributed by atoms with Crippen LogP contribution in [0.4, 0.5) is 19.0 Å². The van der Waals surface area contributed by atoms with Crippen molar-refractivity contribution in [1.82, 2.24) is 4.98 Å². The van der Waals surface area contributed by atoms with Gasteiger partial charge in [-0.1, -0.05) is 24.9 Å². The summed E-state index contributed by atoms with van der Waals surface area (Å²) in [6, 6.07) is 0.847. The number of pyridine rings is 1. The Morgan fingerprint density at radius 1 is 1.44 bits per heavy atom. The predicted molar refractivity (Wildman–Crippen MR) is 67.3 cm³/mol. The van der Waals surface area contributed by atoms with Gasteiger partial charge in [0.25, 0.3) is 0 Å². The summed E-state index contributed by atoms with van der Waals surface area (Å²) in [6.07, 6.45) is -1.94. The summed E-state index contributed by atoms with van der Waals surface area (Å²) in [4.78, 5) is 3.66. The molecule has 1 atom stereocenters. The van der Waals surface area contributed by atoms with Gasteiger partial charge in [-0.05, 0) is 12.5 Å². The van der Waals surface area contributed by atoms with E-state index < -0.39 is 11.7 Å². The summed E-state index contributed by atoms with van der Waals surface area (Å²) in [6.45, 7) is 2.41. The lowest BCUT2D eigenvalue weighted by molar-refractivity contribution is -0.137. The molecule has 0 saturated carbocycles. The van der Waals surface area contributed by atoms with Crippen LogP contribution in [0.3, 0.4) is 0 Å². The average Bonchev–Trinajstić information content (AvgIpc) is 2.26. The second-order valence-electron chi connectivity index (χ2n) is 3.82. The van der Waals surface area contributed by atoms with Gasteiger partial charge < -0.3 is 5.32 Å². The van der Waals surface area contributed by atoms with E-state index in [0.717, 1.165) is 25.1 Å². The Morgan fingerprint density at radius 2 is 2.11 bits per heavy atom. The van der Waals surface area contributed by atoms with E-state index in [4.69, 9.17) is 23.2 Å². The summed E-state index contributed by atoms with van der Waals surface area (Å²) < 4.78 is 37.1. The van der Waals surface area contributed by atoms with Crippen molar-refractivity contribution >= 4 is 29.0 Å². The maximum absolute atomic E-state index is 12.4. The number of nitrogens with zero attached hydrogens (tertiary/aromatic N) is 1. The minimum Gasteiger partial charge on any atom is -0.367 e. The first-order valence-electron chi connectivity index (χ1n) is 5.45. The van der Waals surface area contributed by atoms with Gasteiger partial charge in [-0.3, -0.25) is 0 Å². The molecule has 1 rings (SSSR count). The van der Waals surface area contributed by atoms with Gasteiger partial charge in [0.15, 0.2) is 0 Å². The van der Waals surface area contributed by atoms with Crippen molar-refractivity contribution in [3.63, 3.8) is 0 Å². The molecule has 102 valence electrons. The van der Waals surface area contributed by atoms with Crippen molar-refractivity contribution in [2.24, 2.45) is 0 Å². The summed E-state index contributed by atoms with van der Waals surface area (Å²) in [5.41, 5.74) is -0.867. The number of hydrogen-bond donors (Lipinski definition) is 1. The molecule has 0 aliphatic heterocycles. The van der Waals surface area contributed by atoms with E-state index in [1.54, 1.807) is 0 Å². The normalized spacial score (nSPS) is 13.4. The van der Waals surface area contributed by atoms with Crippen LogP contribution in [0, 0.1) is 0 Å². The Balaban J connectivity index is 2.69. The monoisotopic (exact) mass is 300 g/mol. The van der Waals surface area contributed by atoms with Crippen molar-refractivity contribution in [2.75, 3.05) is 11.9 Å². The van der Waals surface area contributed by atoms with Gasteiger partial charge in [-0.2, -0.15) is 13.2 Å². The van der Waals surface area contributed by atoms with Crippen LogP contribution in [0.1, 0.15) is 25.3 Å². The van der Waals surface area contributed by atoms with E-state index in [1.807, 2.05) is 6.92 Å². The van der Waals surface area contributed by atoms with Gasteiger partial charge in [-0.25, -0.2) is 4.98 Å². The highest BCUT2D eigenvalue weighted by Crippen LogP contribution is 2.32. The van der Waals surface area contributed by atoms with Crippen LogP contribution >= 0.6 is 23.2 Å². The van der Waals surface area contributed by atoms with Crippen molar-refractivity contribution < 1.29 is 13.2 Å². The van der Waals surface area contributed by atoms with Crippen LogP contribution in [0.5, 0.6) is 0 Å². The van der Waals surface area contributed by atoms with Crippen LogP contribution in [0.25, 0.3) is 0 Å². The van der Waals surface area contributed by atoms with Crippen LogP contribution < -0.4 is 5.32 Å². The molecular weight excluding hydrogens is 288 g/mol. The Kier molecular flexibility index (Phi) is 5.53. The molecule has 1 N–H and O–H groups in total. The molecule has 2 nitrogen and oxygen atoms in total. The molecule has 0 saturated heterocycles. The van der Waals surface area contributed by atoms with Gasteiger partial charge in [-0.15, -0.1) is 11.6 Å². The maximum atomic E-state index is 12.4. The zero-order chi connectivity index (χ0) is 13.8. The molecule has 0 aliphatic carbocycles. The van der Waals surface area contributed by atoms with Crippen LogP contribution in [0.15, 0.2) is 12.3 Å². The molecule has 1 heterocycles. The summed E-state index contributed by atoms with van der Waals surface area (Å²) in [7, 11) is 0. The lowest BCUT2D eigenvalue weighted by Crippen LogP contribution is -2.15. The lowest BCUT2D eigenvalue weighted by atomic mass is 10.2. The molecule has 1 unspecified atom stereocenters. The first kappa shape index (κ1) is 15.4. The summed E-state index contributed by atoms with van der Waals surface area (Å²) in [5, 5.41) is 2.67. The molecule has 0 spiro atoms. The lowest BCUT2D eigenvalue weighted by Gasteiger charge is -2.13. The molecule has 1 aromatic heterocycles. The van der Waals surface area contributed by atoms with E-state index in [0.29, 0.717) is 6.54 Å². The fourth-order valence-corrected chi connectivity index (χ4v) is 1.87. The number of aromatic nitrogens is 1. The molecule has 1 aromatic rings. The smallest absolute Gasteiger partial charge is 0.367 e. The van der Waals surface area contributed by atoms with Gasteiger partial charge in [0.05, 0.1) is 16.0 Å². The Hall–Kier alpha value is -0.680. The fourth-order valence-electron chi connectivity index (χ4n) is 1.35. The van der Waals surface area contributed by atoms with Crippen LogP contribution in [0.2, 0.25) is 5.02 Å². The zero-order valence-electron chi connectivity index (χ0n) is 9.69. The van der Waals surface area contributed by atoms with E-state index >= 15 is 0 Å². The third-order valence-corrected chi connectivity index (χ3v) is 2.92. The van der Waals surface area contributed by atoms with E-state index in [1.165, 1.54) is 0 Å². The molecule has 0 bridgehead atoms. The zero-order valence-corrected chi connectivity index (χ0v) is 11.2. The van der Waals surface area contributed by atoms with Gasteiger partial charge in [0.2, 0.25) is 0 Å². The van der Waals surface area contributed by atoms with Crippen LogP contribution in [-0.4, -0.2) is 16.9 Å². The van der Waals surface area contributed by atoms with Crippen LogP contribution in [-0.2, 0) is 6.18 Å². The third-order valence-electron chi connectivity index (χ3n) is 2.26. The third kappa shape index (κ3) is 4.53. The Bertz CT molecular complexity index is 396. The van der Waals surface area contributed by atoms with E-state index in [-0.39, 0.29) is 16.2 Å². The maximum Gasteiger partial charge on any atom is 0.417 e. The average molecular weight is 301 g/mol. The molecule has 0 aromatic carbocycles. The van der Waals surface area contributed by atoms with E-state index in [2.05, 4.69) is 10.3 Å². The summed E-state index contributed by atoms with van der Waals surface area (Å²) in [5.74, 6) is 0.214. The van der Waals surface area contributed by atoms with Crippen molar-refractivity contribution in [3.05, 3.63) is 22.8 Å².